The summed E-state index contributed by atoms with van der Waals surface area (Å²) in [6, 6.07) is 9.46. The molecule has 2 aromatic heterocycles. The number of rotatable bonds is 8. The van der Waals surface area contributed by atoms with E-state index >= 15 is 0 Å². The number of hydrogen-bond acceptors (Lipinski definition) is 6. The summed E-state index contributed by atoms with van der Waals surface area (Å²) in [6.07, 6.45) is 5.84. The fourth-order valence-corrected chi connectivity index (χ4v) is 2.84. The molecule has 154 valence electrons. The largest absolute Gasteiger partial charge is 0.346 e. The number of nitrogens with one attached hydrogen (secondary N) is 3. The number of halogens is 1. The number of carbonyl (C=O) groups excluding carboxylic acids is 1. The Hall–Kier alpha value is -3.88. The highest BCUT2D eigenvalue weighted by atomic mass is 19.1. The van der Waals surface area contributed by atoms with E-state index in [1.54, 1.807) is 42.1 Å². The SMILES string of the molecule is Cc1ccc(N/N=C\C=N)c(C(=O)N[C@@H](C)Cn2cc(-c3ccc(F)cc3)cn2)n1. The number of anilines is 1. The molecule has 9 heteroatoms. The van der Waals surface area contributed by atoms with E-state index in [4.69, 9.17) is 5.41 Å². The molecule has 0 spiro atoms. The Kier molecular flexibility index (Phi) is 6.63. The summed E-state index contributed by atoms with van der Waals surface area (Å²) in [5.41, 5.74) is 5.82. The molecule has 0 saturated heterocycles. The molecule has 30 heavy (non-hydrogen) atoms. The third-order valence-electron chi connectivity index (χ3n) is 4.23. The van der Waals surface area contributed by atoms with Gasteiger partial charge in [-0.3, -0.25) is 14.9 Å². The first-order valence-electron chi connectivity index (χ1n) is 9.31. The van der Waals surface area contributed by atoms with Crippen LogP contribution in [0.2, 0.25) is 0 Å². The number of aromatic nitrogens is 3. The number of pyridine rings is 1. The standard InChI is InChI=1S/C21H22FN7O/c1-14-3-8-19(28-24-10-9-23)20(26-14)21(30)27-15(2)12-29-13-17(11-25-29)16-4-6-18(22)7-5-16/h3-11,13,15,23,28H,12H2,1-2H3,(H,27,30)/b23-9?,24-10-/t15-/m0/s1. The molecule has 3 rings (SSSR count). The first kappa shape index (κ1) is 20.8. The van der Waals surface area contributed by atoms with Crippen LogP contribution in [0.4, 0.5) is 10.1 Å². The van der Waals surface area contributed by atoms with E-state index in [2.05, 4.69) is 25.9 Å². The van der Waals surface area contributed by atoms with E-state index in [0.29, 0.717) is 17.9 Å². The van der Waals surface area contributed by atoms with Crippen LogP contribution < -0.4 is 10.7 Å². The van der Waals surface area contributed by atoms with Crippen molar-refractivity contribution in [3.05, 3.63) is 66.0 Å². The van der Waals surface area contributed by atoms with Gasteiger partial charge >= 0.3 is 0 Å². The van der Waals surface area contributed by atoms with Crippen LogP contribution in [0.25, 0.3) is 11.1 Å². The smallest absolute Gasteiger partial charge is 0.272 e. The second-order valence-electron chi connectivity index (χ2n) is 6.74. The van der Waals surface area contributed by atoms with Gasteiger partial charge in [0.05, 0.1) is 24.6 Å². The lowest BCUT2D eigenvalue weighted by Crippen LogP contribution is -2.36. The van der Waals surface area contributed by atoms with Crippen LogP contribution in [0, 0.1) is 18.2 Å². The second kappa shape index (κ2) is 9.55. The van der Waals surface area contributed by atoms with Gasteiger partial charge in [0.2, 0.25) is 0 Å². The molecule has 0 radical (unpaired) electrons. The van der Waals surface area contributed by atoms with Gasteiger partial charge in [0.15, 0.2) is 5.69 Å². The van der Waals surface area contributed by atoms with Crippen LogP contribution in [-0.4, -0.2) is 39.1 Å². The van der Waals surface area contributed by atoms with Crippen LogP contribution >= 0.6 is 0 Å². The fraction of sp³-hybridized carbons (Fsp3) is 0.190. The predicted octanol–water partition coefficient (Wildman–Crippen LogP) is 3.26. The van der Waals surface area contributed by atoms with Crippen LogP contribution in [0.3, 0.4) is 0 Å². The maximum atomic E-state index is 13.1. The molecule has 0 aliphatic heterocycles. The zero-order valence-electron chi connectivity index (χ0n) is 16.6. The molecule has 1 amide bonds. The second-order valence-corrected chi connectivity index (χ2v) is 6.74. The van der Waals surface area contributed by atoms with Crippen molar-refractivity contribution in [3.63, 3.8) is 0 Å². The Balaban J connectivity index is 1.66. The molecule has 3 N–H and O–H groups in total. The van der Waals surface area contributed by atoms with Crippen molar-refractivity contribution in [1.29, 1.82) is 5.41 Å². The van der Waals surface area contributed by atoms with Gasteiger partial charge < -0.3 is 10.7 Å². The number of hydrazone groups is 1. The average Bonchev–Trinajstić information content (AvgIpc) is 3.18. The van der Waals surface area contributed by atoms with E-state index in [1.807, 2.05) is 13.1 Å². The molecule has 8 nitrogen and oxygen atoms in total. The summed E-state index contributed by atoms with van der Waals surface area (Å²) in [7, 11) is 0. The normalized spacial score (nSPS) is 12.0. The zero-order chi connectivity index (χ0) is 21.5. The van der Waals surface area contributed by atoms with Crippen molar-refractivity contribution < 1.29 is 9.18 Å². The van der Waals surface area contributed by atoms with Gasteiger partial charge in [0, 0.05) is 29.7 Å². The third-order valence-corrected chi connectivity index (χ3v) is 4.23. The first-order chi connectivity index (χ1) is 14.5. The summed E-state index contributed by atoms with van der Waals surface area (Å²) in [5.74, 6) is -0.630. The molecule has 0 fully saturated rings. The molecule has 3 aromatic rings. The third kappa shape index (κ3) is 5.34. The van der Waals surface area contributed by atoms with E-state index in [0.717, 1.165) is 17.3 Å². The van der Waals surface area contributed by atoms with Crippen molar-refractivity contribution in [2.45, 2.75) is 26.4 Å². The lowest BCUT2D eigenvalue weighted by molar-refractivity contribution is 0.0931. The van der Waals surface area contributed by atoms with Crippen molar-refractivity contribution >= 4 is 24.0 Å². The molecule has 0 aliphatic carbocycles. The summed E-state index contributed by atoms with van der Waals surface area (Å²) >= 11 is 0. The van der Waals surface area contributed by atoms with Gasteiger partial charge in [-0.25, -0.2) is 9.37 Å². The van der Waals surface area contributed by atoms with Crippen LogP contribution in [0.15, 0.2) is 53.9 Å². The van der Waals surface area contributed by atoms with Crippen LogP contribution in [0.1, 0.15) is 23.1 Å². The Morgan fingerprint density at radius 3 is 2.77 bits per heavy atom. The molecule has 2 heterocycles. The Bertz CT molecular complexity index is 1060. The molecule has 0 aliphatic rings. The minimum atomic E-state index is -0.343. The summed E-state index contributed by atoms with van der Waals surface area (Å²) < 4.78 is 14.8. The van der Waals surface area contributed by atoms with Crippen LogP contribution in [-0.2, 0) is 6.54 Å². The predicted molar refractivity (Wildman–Crippen MR) is 114 cm³/mol. The van der Waals surface area contributed by atoms with Crippen LogP contribution in [0.5, 0.6) is 0 Å². The van der Waals surface area contributed by atoms with E-state index in [1.165, 1.54) is 18.3 Å². The highest BCUT2D eigenvalue weighted by molar-refractivity contribution is 6.14. The van der Waals surface area contributed by atoms with E-state index < -0.39 is 0 Å². The lowest BCUT2D eigenvalue weighted by atomic mass is 10.1. The lowest BCUT2D eigenvalue weighted by Gasteiger charge is -2.15. The number of nitrogens with zero attached hydrogens (tertiary/aromatic N) is 4. The van der Waals surface area contributed by atoms with Gasteiger partial charge in [-0.1, -0.05) is 12.1 Å². The van der Waals surface area contributed by atoms with E-state index in [-0.39, 0.29) is 23.5 Å². The molecule has 0 unspecified atom stereocenters. The Morgan fingerprint density at radius 1 is 1.27 bits per heavy atom. The number of carbonyl (C=O) groups is 1. The van der Waals surface area contributed by atoms with Crippen molar-refractivity contribution in [1.82, 2.24) is 20.1 Å². The molecule has 1 atom stereocenters. The molecule has 0 saturated carbocycles. The average molecular weight is 407 g/mol. The Labute approximate surface area is 173 Å². The molecule has 0 bridgehead atoms. The minimum absolute atomic E-state index is 0.219. The van der Waals surface area contributed by atoms with Gasteiger partial charge in [0.1, 0.15) is 5.82 Å². The molecule has 1 aromatic carbocycles. The van der Waals surface area contributed by atoms with Crippen molar-refractivity contribution in [3.8, 4) is 11.1 Å². The molecular formula is C21H22FN7O. The van der Waals surface area contributed by atoms with Crippen molar-refractivity contribution in [2.75, 3.05) is 5.43 Å². The maximum Gasteiger partial charge on any atom is 0.272 e. The van der Waals surface area contributed by atoms with Gasteiger partial charge in [0.25, 0.3) is 5.91 Å². The summed E-state index contributed by atoms with van der Waals surface area (Å²) in [6.45, 7) is 4.12. The number of aryl methyl sites for hydroxylation is 1. The van der Waals surface area contributed by atoms with Gasteiger partial charge in [-0.05, 0) is 43.7 Å². The highest BCUT2D eigenvalue weighted by Gasteiger charge is 2.16. The monoisotopic (exact) mass is 407 g/mol. The minimum Gasteiger partial charge on any atom is -0.346 e. The molecular weight excluding hydrogens is 385 g/mol. The number of hydrogen-bond donors (Lipinski definition) is 3. The Morgan fingerprint density at radius 2 is 2.03 bits per heavy atom. The summed E-state index contributed by atoms with van der Waals surface area (Å²) in [4.78, 5) is 17.0. The highest BCUT2D eigenvalue weighted by Crippen LogP contribution is 2.19. The number of benzene rings is 1. The van der Waals surface area contributed by atoms with Gasteiger partial charge in [-0.15, -0.1) is 0 Å². The quantitative estimate of drug-likeness (QED) is 0.393. The van der Waals surface area contributed by atoms with E-state index in [9.17, 15) is 9.18 Å². The fourth-order valence-electron chi connectivity index (χ4n) is 2.84. The topological polar surface area (TPSA) is 108 Å². The summed E-state index contributed by atoms with van der Waals surface area (Å²) in [5, 5.41) is 18.0. The maximum absolute atomic E-state index is 13.1. The van der Waals surface area contributed by atoms with Crippen molar-refractivity contribution in [2.24, 2.45) is 5.10 Å². The number of amides is 1. The van der Waals surface area contributed by atoms with Gasteiger partial charge in [-0.2, -0.15) is 10.2 Å². The zero-order valence-corrected chi connectivity index (χ0v) is 16.6. The first-order valence-corrected chi connectivity index (χ1v) is 9.31.